The smallest absolute Gasteiger partial charge is 0.157 e. The van der Waals surface area contributed by atoms with Crippen LogP contribution >= 0.6 is 0 Å². The van der Waals surface area contributed by atoms with Gasteiger partial charge in [-0.25, -0.2) is 0 Å². The third-order valence-corrected chi connectivity index (χ3v) is 3.18. The van der Waals surface area contributed by atoms with Gasteiger partial charge in [0.25, 0.3) is 0 Å². The largest absolute Gasteiger partial charge is 0.353 e. The summed E-state index contributed by atoms with van der Waals surface area (Å²) in [7, 11) is 2.02. The zero-order chi connectivity index (χ0) is 12.0. The van der Waals surface area contributed by atoms with Gasteiger partial charge in [-0.2, -0.15) is 0 Å². The Kier molecular flexibility index (Phi) is 5.27. The molecule has 1 fully saturated rings. The highest BCUT2D eigenvalue weighted by atomic mass is 16.7. The van der Waals surface area contributed by atoms with Crippen LogP contribution in [-0.2, 0) is 9.47 Å². The zero-order valence-corrected chi connectivity index (χ0v) is 10.7. The summed E-state index contributed by atoms with van der Waals surface area (Å²) in [5, 5.41) is 0. The topological polar surface area (TPSA) is 21.7 Å². The van der Waals surface area contributed by atoms with E-state index in [0.29, 0.717) is 6.61 Å². The van der Waals surface area contributed by atoms with Crippen molar-refractivity contribution in [2.24, 2.45) is 0 Å². The third kappa shape index (κ3) is 4.13. The number of terminal acetylenes is 1. The van der Waals surface area contributed by atoms with E-state index in [9.17, 15) is 0 Å². The molecule has 92 valence electrons. The molecule has 0 amide bonds. The number of nitrogens with zero attached hydrogens (tertiary/aromatic N) is 1. The molecule has 1 unspecified atom stereocenters. The standard InChI is InChI=1S/C13H23NO2/c1-5-13(2,3)14(4)9-11-16-12-8-6-7-10-15-12/h1,12H,6-11H2,2-4H3. The second-order valence-electron chi connectivity index (χ2n) is 4.79. The van der Waals surface area contributed by atoms with E-state index in [1.165, 1.54) is 6.42 Å². The Morgan fingerprint density at radius 2 is 2.25 bits per heavy atom. The molecule has 0 bridgehead atoms. The van der Waals surface area contributed by atoms with Crippen molar-refractivity contribution < 1.29 is 9.47 Å². The van der Waals surface area contributed by atoms with Gasteiger partial charge in [0, 0.05) is 13.2 Å². The van der Waals surface area contributed by atoms with Crippen molar-refractivity contribution in [3.63, 3.8) is 0 Å². The summed E-state index contributed by atoms with van der Waals surface area (Å²) in [4.78, 5) is 2.12. The van der Waals surface area contributed by atoms with Crippen molar-refractivity contribution in [2.75, 3.05) is 26.8 Å². The minimum absolute atomic E-state index is 0.00361. The Morgan fingerprint density at radius 1 is 1.50 bits per heavy atom. The Labute approximate surface area is 99.1 Å². The molecule has 0 spiro atoms. The van der Waals surface area contributed by atoms with Crippen LogP contribution < -0.4 is 0 Å². The number of ether oxygens (including phenoxy) is 2. The zero-order valence-electron chi connectivity index (χ0n) is 10.7. The molecule has 0 aliphatic carbocycles. The van der Waals surface area contributed by atoms with Gasteiger partial charge >= 0.3 is 0 Å². The molecule has 0 radical (unpaired) electrons. The van der Waals surface area contributed by atoms with Crippen LogP contribution in [0.25, 0.3) is 0 Å². The molecule has 0 aromatic carbocycles. The molecule has 0 aromatic rings. The van der Waals surface area contributed by atoms with Gasteiger partial charge in [0.1, 0.15) is 0 Å². The van der Waals surface area contributed by atoms with Gasteiger partial charge in [-0.1, -0.05) is 5.92 Å². The van der Waals surface area contributed by atoms with E-state index < -0.39 is 0 Å². The Hall–Kier alpha value is -0.560. The lowest BCUT2D eigenvalue weighted by atomic mass is 10.1. The number of hydrogen-bond acceptors (Lipinski definition) is 3. The van der Waals surface area contributed by atoms with E-state index in [2.05, 4.69) is 10.8 Å². The Bertz CT molecular complexity index is 239. The first kappa shape index (κ1) is 13.5. The maximum Gasteiger partial charge on any atom is 0.157 e. The fraction of sp³-hybridized carbons (Fsp3) is 0.846. The van der Waals surface area contributed by atoms with Crippen molar-refractivity contribution in [2.45, 2.75) is 44.9 Å². The monoisotopic (exact) mass is 225 g/mol. The van der Waals surface area contributed by atoms with E-state index in [-0.39, 0.29) is 11.8 Å². The molecule has 1 aliphatic heterocycles. The molecule has 0 N–H and O–H groups in total. The molecule has 0 saturated carbocycles. The molecule has 16 heavy (non-hydrogen) atoms. The van der Waals surface area contributed by atoms with Gasteiger partial charge in [-0.3, -0.25) is 4.90 Å². The lowest BCUT2D eigenvalue weighted by Crippen LogP contribution is -2.42. The van der Waals surface area contributed by atoms with Crippen molar-refractivity contribution in [3.8, 4) is 12.3 Å². The second kappa shape index (κ2) is 6.24. The van der Waals surface area contributed by atoms with Crippen LogP contribution in [0, 0.1) is 12.3 Å². The fourth-order valence-electron chi connectivity index (χ4n) is 1.55. The summed E-state index contributed by atoms with van der Waals surface area (Å²) >= 11 is 0. The minimum atomic E-state index is -0.212. The van der Waals surface area contributed by atoms with Crippen LogP contribution in [0.3, 0.4) is 0 Å². The summed E-state index contributed by atoms with van der Waals surface area (Å²) in [5.41, 5.74) is -0.212. The minimum Gasteiger partial charge on any atom is -0.353 e. The summed E-state index contributed by atoms with van der Waals surface area (Å²) in [6.45, 7) is 6.40. The maximum absolute atomic E-state index is 5.66. The van der Waals surface area contributed by atoms with Gasteiger partial charge < -0.3 is 9.47 Å². The maximum atomic E-state index is 5.66. The van der Waals surface area contributed by atoms with Gasteiger partial charge in [-0.15, -0.1) is 6.42 Å². The van der Waals surface area contributed by atoms with E-state index in [4.69, 9.17) is 15.9 Å². The van der Waals surface area contributed by atoms with Crippen molar-refractivity contribution >= 4 is 0 Å². The summed E-state index contributed by atoms with van der Waals surface area (Å²) < 4.78 is 11.2. The van der Waals surface area contributed by atoms with Crippen LogP contribution in [0.1, 0.15) is 33.1 Å². The van der Waals surface area contributed by atoms with E-state index in [1.807, 2.05) is 20.9 Å². The van der Waals surface area contributed by atoms with Gasteiger partial charge in [0.05, 0.1) is 12.1 Å². The second-order valence-corrected chi connectivity index (χ2v) is 4.79. The molecule has 1 heterocycles. The number of hydrogen-bond donors (Lipinski definition) is 0. The Morgan fingerprint density at radius 3 is 2.81 bits per heavy atom. The normalized spacial score (nSPS) is 22.1. The molecule has 0 aromatic heterocycles. The van der Waals surface area contributed by atoms with E-state index in [0.717, 1.165) is 26.0 Å². The lowest BCUT2D eigenvalue weighted by molar-refractivity contribution is -0.164. The average Bonchev–Trinajstić information content (AvgIpc) is 2.30. The molecular formula is C13H23NO2. The average molecular weight is 225 g/mol. The molecule has 3 nitrogen and oxygen atoms in total. The van der Waals surface area contributed by atoms with Crippen LogP contribution in [-0.4, -0.2) is 43.5 Å². The van der Waals surface area contributed by atoms with E-state index >= 15 is 0 Å². The first-order chi connectivity index (χ1) is 7.56. The molecule has 1 atom stereocenters. The molecule has 1 aliphatic rings. The highest BCUT2D eigenvalue weighted by molar-refractivity contribution is 5.07. The summed E-state index contributed by atoms with van der Waals surface area (Å²) in [5.74, 6) is 2.77. The van der Waals surface area contributed by atoms with Gasteiger partial charge in [0.2, 0.25) is 0 Å². The molecule has 1 rings (SSSR count). The third-order valence-electron chi connectivity index (χ3n) is 3.18. The van der Waals surface area contributed by atoms with Crippen molar-refractivity contribution in [1.29, 1.82) is 0 Å². The molecular weight excluding hydrogens is 202 g/mol. The van der Waals surface area contributed by atoms with Crippen molar-refractivity contribution in [1.82, 2.24) is 4.90 Å². The first-order valence-electron chi connectivity index (χ1n) is 5.98. The lowest BCUT2D eigenvalue weighted by Gasteiger charge is -2.31. The highest BCUT2D eigenvalue weighted by Crippen LogP contribution is 2.14. The summed E-state index contributed by atoms with van der Waals surface area (Å²) in [6, 6.07) is 0. The molecule has 3 heteroatoms. The number of rotatable bonds is 5. The first-order valence-corrected chi connectivity index (χ1v) is 5.98. The Balaban J connectivity index is 2.17. The van der Waals surface area contributed by atoms with Crippen LogP contribution in [0.2, 0.25) is 0 Å². The SMILES string of the molecule is C#CC(C)(C)N(C)CCOC1CCCCO1. The highest BCUT2D eigenvalue weighted by Gasteiger charge is 2.20. The van der Waals surface area contributed by atoms with Crippen LogP contribution in [0.4, 0.5) is 0 Å². The summed E-state index contributed by atoms with van der Waals surface area (Å²) in [6.07, 6.45) is 8.84. The van der Waals surface area contributed by atoms with Crippen LogP contribution in [0.5, 0.6) is 0 Å². The molecule has 1 saturated heterocycles. The van der Waals surface area contributed by atoms with Crippen LogP contribution in [0.15, 0.2) is 0 Å². The predicted octanol–water partition coefficient (Wildman–Crippen LogP) is 1.87. The van der Waals surface area contributed by atoms with E-state index in [1.54, 1.807) is 0 Å². The fourth-order valence-corrected chi connectivity index (χ4v) is 1.55. The van der Waals surface area contributed by atoms with Crippen molar-refractivity contribution in [3.05, 3.63) is 0 Å². The predicted molar refractivity (Wildman–Crippen MR) is 65.1 cm³/mol. The number of likely N-dealkylation sites (N-methyl/N-ethyl adjacent to an activating group) is 1. The quantitative estimate of drug-likeness (QED) is 0.667. The van der Waals surface area contributed by atoms with Gasteiger partial charge in [0.15, 0.2) is 6.29 Å². The van der Waals surface area contributed by atoms with Gasteiger partial charge in [-0.05, 0) is 40.2 Å².